The Morgan fingerprint density at radius 1 is 1.21 bits per heavy atom. The molecule has 2 fully saturated rings. The van der Waals surface area contributed by atoms with Crippen molar-refractivity contribution in [2.24, 2.45) is 5.73 Å². The summed E-state index contributed by atoms with van der Waals surface area (Å²) in [7, 11) is 0. The van der Waals surface area contributed by atoms with E-state index in [2.05, 4.69) is 10.2 Å². The molecule has 5 nitrogen and oxygen atoms in total. The minimum Gasteiger partial charge on any atom is -0.381 e. The number of nitrogens with two attached hydrogens (primary N) is 1. The van der Waals surface area contributed by atoms with Crippen LogP contribution in [0.15, 0.2) is 0 Å². The van der Waals surface area contributed by atoms with Crippen molar-refractivity contribution in [2.45, 2.75) is 44.1 Å². The summed E-state index contributed by atoms with van der Waals surface area (Å²) in [4.78, 5) is 14.6. The Kier molecular flexibility index (Phi) is 5.60. The molecular weight excluding hydrogens is 242 g/mol. The van der Waals surface area contributed by atoms with Crippen LogP contribution in [0.3, 0.4) is 0 Å². The van der Waals surface area contributed by atoms with Crippen LogP contribution in [-0.2, 0) is 9.53 Å². The van der Waals surface area contributed by atoms with Gasteiger partial charge in [-0.2, -0.15) is 0 Å². The van der Waals surface area contributed by atoms with Crippen molar-refractivity contribution in [2.75, 3.05) is 39.4 Å². The lowest BCUT2D eigenvalue weighted by atomic mass is 9.90. The Morgan fingerprint density at radius 3 is 2.58 bits per heavy atom. The number of nitrogens with zero attached hydrogens (tertiary/aromatic N) is 1. The summed E-state index contributed by atoms with van der Waals surface area (Å²) >= 11 is 0. The van der Waals surface area contributed by atoms with E-state index in [1.165, 1.54) is 32.4 Å². The van der Waals surface area contributed by atoms with Gasteiger partial charge in [0, 0.05) is 19.8 Å². The highest BCUT2D eigenvalue weighted by Crippen LogP contribution is 2.17. The first-order chi connectivity index (χ1) is 9.21. The van der Waals surface area contributed by atoms with Gasteiger partial charge < -0.3 is 20.7 Å². The molecule has 110 valence electrons. The van der Waals surface area contributed by atoms with Crippen molar-refractivity contribution < 1.29 is 9.53 Å². The summed E-state index contributed by atoms with van der Waals surface area (Å²) in [5, 5.41) is 2.99. The molecule has 2 rings (SSSR count). The van der Waals surface area contributed by atoms with E-state index in [-0.39, 0.29) is 5.91 Å². The van der Waals surface area contributed by atoms with Crippen LogP contribution >= 0.6 is 0 Å². The summed E-state index contributed by atoms with van der Waals surface area (Å²) in [6, 6.07) is 0. The van der Waals surface area contributed by atoms with E-state index in [9.17, 15) is 4.79 Å². The van der Waals surface area contributed by atoms with Crippen LogP contribution < -0.4 is 11.1 Å². The third kappa shape index (κ3) is 4.44. The maximum absolute atomic E-state index is 12.1. The highest BCUT2D eigenvalue weighted by molar-refractivity contribution is 5.86. The second kappa shape index (κ2) is 7.22. The van der Waals surface area contributed by atoms with Gasteiger partial charge in [-0.3, -0.25) is 4.79 Å². The van der Waals surface area contributed by atoms with Gasteiger partial charge >= 0.3 is 0 Å². The molecule has 0 spiro atoms. The smallest absolute Gasteiger partial charge is 0.240 e. The predicted molar refractivity (Wildman–Crippen MR) is 74.9 cm³/mol. The number of ether oxygens (including phenoxy) is 1. The molecule has 0 aromatic heterocycles. The van der Waals surface area contributed by atoms with E-state index in [0.717, 1.165) is 19.5 Å². The second-order valence-electron chi connectivity index (χ2n) is 5.78. The van der Waals surface area contributed by atoms with Gasteiger partial charge in [-0.15, -0.1) is 0 Å². The van der Waals surface area contributed by atoms with Gasteiger partial charge in [-0.1, -0.05) is 6.42 Å². The average molecular weight is 269 g/mol. The Labute approximate surface area is 115 Å². The van der Waals surface area contributed by atoms with Gasteiger partial charge in [0.25, 0.3) is 0 Å². The molecule has 19 heavy (non-hydrogen) atoms. The second-order valence-corrected chi connectivity index (χ2v) is 5.78. The molecule has 0 bridgehead atoms. The highest BCUT2D eigenvalue weighted by atomic mass is 16.5. The maximum atomic E-state index is 12.1. The number of amides is 1. The quantitative estimate of drug-likeness (QED) is 0.713. The van der Waals surface area contributed by atoms with Crippen LogP contribution in [0.5, 0.6) is 0 Å². The van der Waals surface area contributed by atoms with E-state index in [1.54, 1.807) is 0 Å². The summed E-state index contributed by atoms with van der Waals surface area (Å²) < 4.78 is 5.25. The fraction of sp³-hybridized carbons (Fsp3) is 0.929. The van der Waals surface area contributed by atoms with Gasteiger partial charge in [0.15, 0.2) is 0 Å². The number of piperidine rings is 1. The predicted octanol–water partition coefficient (Wildman–Crippen LogP) is 0.486. The molecule has 0 aromatic carbocycles. The zero-order valence-corrected chi connectivity index (χ0v) is 11.8. The minimum atomic E-state index is -0.705. The molecule has 0 saturated carbocycles. The third-order valence-corrected chi connectivity index (χ3v) is 4.22. The summed E-state index contributed by atoms with van der Waals surface area (Å²) in [6.45, 7) is 5.43. The van der Waals surface area contributed by atoms with Crippen molar-refractivity contribution in [3.63, 3.8) is 0 Å². The van der Waals surface area contributed by atoms with Crippen LogP contribution in [0.1, 0.15) is 38.5 Å². The molecule has 0 aromatic rings. The van der Waals surface area contributed by atoms with E-state index in [4.69, 9.17) is 10.5 Å². The lowest BCUT2D eigenvalue weighted by molar-refractivity contribution is -0.129. The molecule has 3 N–H and O–H groups in total. The highest BCUT2D eigenvalue weighted by Gasteiger charge is 2.35. The zero-order valence-electron chi connectivity index (χ0n) is 11.8. The monoisotopic (exact) mass is 269 g/mol. The van der Waals surface area contributed by atoms with E-state index in [0.29, 0.717) is 26.1 Å². The molecule has 1 amide bonds. The van der Waals surface area contributed by atoms with Crippen LogP contribution in [0.25, 0.3) is 0 Å². The molecule has 2 heterocycles. The fourth-order valence-electron chi connectivity index (χ4n) is 2.83. The van der Waals surface area contributed by atoms with E-state index >= 15 is 0 Å². The standard InChI is InChI=1S/C14H27N3O2/c15-14(5-11-19-12-6-14)13(18)16-7-4-10-17-8-2-1-3-9-17/h1-12,15H2,(H,16,18). The molecular formula is C14H27N3O2. The SMILES string of the molecule is NC1(C(=O)NCCCN2CCCCC2)CCOCC1. The normalized spacial score (nSPS) is 24.1. The first-order valence-corrected chi connectivity index (χ1v) is 7.58. The fourth-order valence-corrected chi connectivity index (χ4v) is 2.83. The maximum Gasteiger partial charge on any atom is 0.240 e. The van der Waals surface area contributed by atoms with Crippen LogP contribution in [-0.4, -0.2) is 55.7 Å². The first-order valence-electron chi connectivity index (χ1n) is 7.58. The van der Waals surface area contributed by atoms with Crippen molar-refractivity contribution in [1.29, 1.82) is 0 Å². The third-order valence-electron chi connectivity index (χ3n) is 4.22. The van der Waals surface area contributed by atoms with Crippen LogP contribution in [0.4, 0.5) is 0 Å². The van der Waals surface area contributed by atoms with E-state index in [1.807, 2.05) is 0 Å². The molecule has 5 heteroatoms. The topological polar surface area (TPSA) is 67.6 Å². The Bertz CT molecular complexity index is 284. The molecule has 2 aliphatic heterocycles. The van der Waals surface area contributed by atoms with Crippen molar-refractivity contribution >= 4 is 5.91 Å². The molecule has 2 aliphatic rings. The zero-order chi connectivity index (χ0) is 13.6. The van der Waals surface area contributed by atoms with E-state index < -0.39 is 5.54 Å². The largest absolute Gasteiger partial charge is 0.381 e. The number of carbonyl (C=O) groups is 1. The number of hydrogen-bond donors (Lipinski definition) is 2. The lowest BCUT2D eigenvalue weighted by Gasteiger charge is -2.32. The summed E-state index contributed by atoms with van der Waals surface area (Å²) in [5.41, 5.74) is 5.42. The number of rotatable bonds is 5. The number of hydrogen-bond acceptors (Lipinski definition) is 4. The number of carbonyl (C=O) groups excluding carboxylic acids is 1. The van der Waals surface area contributed by atoms with Gasteiger partial charge in [0.2, 0.25) is 5.91 Å². The van der Waals surface area contributed by atoms with Crippen molar-refractivity contribution in [3.05, 3.63) is 0 Å². The van der Waals surface area contributed by atoms with Gasteiger partial charge in [-0.25, -0.2) is 0 Å². The summed E-state index contributed by atoms with van der Waals surface area (Å²) in [6.07, 6.45) is 6.27. The van der Waals surface area contributed by atoms with Crippen molar-refractivity contribution in [1.82, 2.24) is 10.2 Å². The average Bonchev–Trinajstić information content (AvgIpc) is 2.45. The van der Waals surface area contributed by atoms with Crippen LogP contribution in [0, 0.1) is 0 Å². The minimum absolute atomic E-state index is 0.00514. The Hall–Kier alpha value is -0.650. The number of likely N-dealkylation sites (tertiary alicyclic amines) is 1. The first kappa shape index (κ1) is 14.8. The molecule has 2 saturated heterocycles. The van der Waals surface area contributed by atoms with Gasteiger partial charge in [0.05, 0.1) is 5.54 Å². The molecule has 0 aliphatic carbocycles. The van der Waals surface area contributed by atoms with Crippen molar-refractivity contribution in [3.8, 4) is 0 Å². The van der Waals surface area contributed by atoms with Crippen LogP contribution in [0.2, 0.25) is 0 Å². The molecule has 0 atom stereocenters. The van der Waals surface area contributed by atoms with Gasteiger partial charge in [-0.05, 0) is 51.7 Å². The van der Waals surface area contributed by atoms with Gasteiger partial charge in [0.1, 0.15) is 0 Å². The summed E-state index contributed by atoms with van der Waals surface area (Å²) in [5.74, 6) is -0.00514. The Balaban J connectivity index is 1.60. The lowest BCUT2D eigenvalue weighted by Crippen LogP contribution is -2.57. The Morgan fingerprint density at radius 2 is 1.89 bits per heavy atom. The molecule has 0 unspecified atom stereocenters. The number of nitrogens with one attached hydrogen (secondary N) is 1. The molecule has 0 radical (unpaired) electrons.